The second kappa shape index (κ2) is 5.90. The Labute approximate surface area is 104 Å². The molecule has 0 bridgehead atoms. The maximum atomic E-state index is 11.3. The molecule has 0 radical (unpaired) electrons. The van der Waals surface area contributed by atoms with E-state index in [2.05, 4.69) is 10.1 Å². The zero-order valence-electron chi connectivity index (χ0n) is 9.63. The highest BCUT2D eigenvalue weighted by molar-refractivity contribution is 5.67. The van der Waals surface area contributed by atoms with E-state index in [1.807, 2.05) is 30.3 Å². The van der Waals surface area contributed by atoms with Crippen LogP contribution in [0, 0.1) is 0 Å². The average Bonchev–Trinajstić information content (AvgIpc) is 2.81. The first kappa shape index (κ1) is 12.2. The van der Waals surface area contributed by atoms with Gasteiger partial charge in [-0.05, 0) is 5.56 Å². The van der Waals surface area contributed by atoms with Gasteiger partial charge in [-0.3, -0.25) is 0 Å². The number of hydrogen-bond acceptors (Lipinski definition) is 5. The molecule has 96 valence electrons. The average molecular weight is 251 g/mol. The Morgan fingerprint density at radius 1 is 1.39 bits per heavy atom. The number of carbonyl (C=O) groups excluding carboxylic acids is 2. The molecule has 1 aliphatic rings. The number of hydrogen-bond donors (Lipinski definition) is 1. The quantitative estimate of drug-likeness (QED) is 0.820. The van der Waals surface area contributed by atoms with Gasteiger partial charge in [0.2, 0.25) is 0 Å². The fourth-order valence-corrected chi connectivity index (χ4v) is 1.44. The second-order valence-corrected chi connectivity index (χ2v) is 3.74. The van der Waals surface area contributed by atoms with E-state index in [-0.39, 0.29) is 13.2 Å². The van der Waals surface area contributed by atoms with E-state index in [1.54, 1.807) is 0 Å². The standard InChI is InChI=1S/C12H13NO5/c14-11(13-6-9-4-2-1-3-5-9)16-7-10-8-17-12(15)18-10/h1-5,10H,6-8H2,(H,13,14). The third kappa shape index (κ3) is 3.65. The number of carbonyl (C=O) groups is 2. The van der Waals surface area contributed by atoms with Crippen molar-refractivity contribution in [2.75, 3.05) is 13.2 Å². The Hall–Kier alpha value is -2.24. The topological polar surface area (TPSA) is 73.9 Å². The van der Waals surface area contributed by atoms with E-state index < -0.39 is 18.4 Å². The van der Waals surface area contributed by atoms with Crippen molar-refractivity contribution in [2.45, 2.75) is 12.6 Å². The lowest BCUT2D eigenvalue weighted by molar-refractivity contribution is 0.0725. The Morgan fingerprint density at radius 2 is 2.17 bits per heavy atom. The molecule has 2 rings (SSSR count). The van der Waals surface area contributed by atoms with Crippen LogP contribution in [0.2, 0.25) is 0 Å². The van der Waals surface area contributed by atoms with E-state index in [4.69, 9.17) is 9.47 Å². The van der Waals surface area contributed by atoms with Crippen LogP contribution in [0.5, 0.6) is 0 Å². The van der Waals surface area contributed by atoms with Crippen LogP contribution < -0.4 is 5.32 Å². The van der Waals surface area contributed by atoms with Gasteiger partial charge >= 0.3 is 12.2 Å². The van der Waals surface area contributed by atoms with Crippen LogP contribution in [0.1, 0.15) is 5.56 Å². The monoisotopic (exact) mass is 251 g/mol. The van der Waals surface area contributed by atoms with Crippen LogP contribution in [-0.4, -0.2) is 31.6 Å². The molecule has 6 heteroatoms. The molecule has 1 unspecified atom stereocenters. The molecule has 1 heterocycles. The molecule has 1 N–H and O–H groups in total. The zero-order valence-corrected chi connectivity index (χ0v) is 9.63. The first-order valence-corrected chi connectivity index (χ1v) is 5.52. The van der Waals surface area contributed by atoms with E-state index in [9.17, 15) is 9.59 Å². The van der Waals surface area contributed by atoms with E-state index in [1.165, 1.54) is 0 Å². The van der Waals surface area contributed by atoms with Gasteiger partial charge in [-0.15, -0.1) is 0 Å². The van der Waals surface area contributed by atoms with Gasteiger partial charge in [-0.1, -0.05) is 30.3 Å². The minimum atomic E-state index is -0.728. The Balaban J connectivity index is 1.65. The van der Waals surface area contributed by atoms with Gasteiger partial charge in [0.15, 0.2) is 6.10 Å². The summed E-state index contributed by atoms with van der Waals surface area (Å²) in [6.07, 6.45) is -1.80. The highest BCUT2D eigenvalue weighted by Gasteiger charge is 2.26. The molecule has 1 fully saturated rings. The summed E-state index contributed by atoms with van der Waals surface area (Å²) in [6, 6.07) is 9.46. The largest absolute Gasteiger partial charge is 0.508 e. The lowest BCUT2D eigenvalue weighted by Crippen LogP contribution is -2.28. The molecule has 0 aromatic heterocycles. The minimum absolute atomic E-state index is 0.00758. The van der Waals surface area contributed by atoms with E-state index >= 15 is 0 Å². The van der Waals surface area contributed by atoms with Crippen molar-refractivity contribution in [3.8, 4) is 0 Å². The van der Waals surface area contributed by atoms with Crippen LogP contribution in [-0.2, 0) is 20.8 Å². The lowest BCUT2D eigenvalue weighted by Gasteiger charge is -2.09. The first-order valence-electron chi connectivity index (χ1n) is 5.52. The van der Waals surface area contributed by atoms with Crippen molar-refractivity contribution in [1.29, 1.82) is 0 Å². The predicted molar refractivity (Wildman–Crippen MR) is 60.9 cm³/mol. The molecule has 0 spiro atoms. The molecular formula is C12H13NO5. The van der Waals surface area contributed by atoms with Crippen LogP contribution in [0.4, 0.5) is 9.59 Å². The summed E-state index contributed by atoms with van der Waals surface area (Å²) in [5, 5.41) is 2.59. The van der Waals surface area contributed by atoms with Gasteiger partial charge in [0.25, 0.3) is 0 Å². The smallest absolute Gasteiger partial charge is 0.445 e. The third-order valence-electron chi connectivity index (χ3n) is 2.33. The number of amides is 1. The third-order valence-corrected chi connectivity index (χ3v) is 2.33. The molecule has 1 aromatic rings. The molecule has 1 atom stereocenters. The lowest BCUT2D eigenvalue weighted by atomic mass is 10.2. The second-order valence-electron chi connectivity index (χ2n) is 3.74. The normalized spacial score (nSPS) is 17.8. The molecule has 6 nitrogen and oxygen atoms in total. The number of ether oxygens (including phenoxy) is 3. The number of benzene rings is 1. The van der Waals surface area contributed by atoms with Crippen LogP contribution in [0.15, 0.2) is 30.3 Å². The Morgan fingerprint density at radius 3 is 2.83 bits per heavy atom. The van der Waals surface area contributed by atoms with Crippen molar-refractivity contribution >= 4 is 12.2 Å². The SMILES string of the molecule is O=C(NCc1ccccc1)OCC1COC(=O)O1. The van der Waals surface area contributed by atoms with Crippen molar-refractivity contribution in [2.24, 2.45) is 0 Å². The number of alkyl carbamates (subject to hydrolysis) is 1. The van der Waals surface area contributed by atoms with Crippen LogP contribution in [0.25, 0.3) is 0 Å². The van der Waals surface area contributed by atoms with Crippen molar-refractivity contribution in [3.05, 3.63) is 35.9 Å². The van der Waals surface area contributed by atoms with Gasteiger partial charge in [-0.25, -0.2) is 9.59 Å². The van der Waals surface area contributed by atoms with E-state index in [0.29, 0.717) is 6.54 Å². The number of cyclic esters (lactones) is 2. The summed E-state index contributed by atoms with van der Waals surface area (Å²) >= 11 is 0. The summed E-state index contributed by atoms with van der Waals surface area (Å²) in [7, 11) is 0. The molecule has 0 saturated carbocycles. The Bertz CT molecular complexity index is 420. The fraction of sp³-hybridized carbons (Fsp3) is 0.333. The van der Waals surface area contributed by atoms with Crippen LogP contribution in [0.3, 0.4) is 0 Å². The van der Waals surface area contributed by atoms with E-state index in [0.717, 1.165) is 5.56 Å². The Kier molecular flexibility index (Phi) is 4.01. The molecule has 18 heavy (non-hydrogen) atoms. The summed E-state index contributed by atoms with van der Waals surface area (Å²) in [5.74, 6) is 0. The molecule has 1 saturated heterocycles. The number of rotatable bonds is 4. The predicted octanol–water partition coefficient (Wildman–Crippen LogP) is 1.45. The highest BCUT2D eigenvalue weighted by atomic mass is 16.8. The van der Waals surface area contributed by atoms with Crippen LogP contribution >= 0.6 is 0 Å². The van der Waals surface area contributed by atoms with Gasteiger partial charge in [0.05, 0.1) is 0 Å². The van der Waals surface area contributed by atoms with Gasteiger partial charge in [-0.2, -0.15) is 0 Å². The van der Waals surface area contributed by atoms with Crippen molar-refractivity contribution in [3.63, 3.8) is 0 Å². The summed E-state index contributed by atoms with van der Waals surface area (Å²) < 4.78 is 14.2. The molecule has 1 aliphatic heterocycles. The van der Waals surface area contributed by atoms with Gasteiger partial charge in [0, 0.05) is 6.54 Å². The summed E-state index contributed by atoms with van der Waals surface area (Å²) in [5.41, 5.74) is 0.977. The molecule has 1 amide bonds. The van der Waals surface area contributed by atoms with Gasteiger partial charge < -0.3 is 19.5 Å². The number of nitrogens with one attached hydrogen (secondary N) is 1. The maximum absolute atomic E-state index is 11.3. The molecular weight excluding hydrogens is 238 g/mol. The van der Waals surface area contributed by atoms with Crippen molar-refractivity contribution in [1.82, 2.24) is 5.32 Å². The highest BCUT2D eigenvalue weighted by Crippen LogP contribution is 2.06. The molecule has 0 aliphatic carbocycles. The maximum Gasteiger partial charge on any atom is 0.508 e. The first-order chi connectivity index (χ1) is 8.74. The minimum Gasteiger partial charge on any atom is -0.445 e. The van der Waals surface area contributed by atoms with Gasteiger partial charge in [0.1, 0.15) is 13.2 Å². The zero-order chi connectivity index (χ0) is 12.8. The van der Waals surface area contributed by atoms with Crippen molar-refractivity contribution < 1.29 is 23.8 Å². The summed E-state index contributed by atoms with van der Waals surface area (Å²) in [4.78, 5) is 21.9. The molecule has 1 aromatic carbocycles. The summed E-state index contributed by atoms with van der Waals surface area (Å²) in [6.45, 7) is 0.498. The fourth-order valence-electron chi connectivity index (χ4n) is 1.44.